The molecule has 0 spiro atoms. The second-order valence-corrected chi connectivity index (χ2v) is 5.54. The van der Waals surface area contributed by atoms with Crippen LogP contribution in [0, 0.1) is 11.7 Å². The lowest BCUT2D eigenvalue weighted by molar-refractivity contribution is -0.123. The molecule has 2 atom stereocenters. The maximum Gasteiger partial charge on any atom is 0.223 e. The van der Waals surface area contributed by atoms with E-state index < -0.39 is 0 Å². The average Bonchev–Trinajstić information content (AvgIpc) is 3.25. The Morgan fingerprint density at radius 3 is 2.63 bits per heavy atom. The van der Waals surface area contributed by atoms with Gasteiger partial charge < -0.3 is 10.6 Å². The number of halogens is 1. The minimum atomic E-state index is -0.212. The molecule has 19 heavy (non-hydrogen) atoms. The van der Waals surface area contributed by atoms with Crippen LogP contribution in [-0.4, -0.2) is 25.0 Å². The minimum absolute atomic E-state index is 0.118. The summed E-state index contributed by atoms with van der Waals surface area (Å²) >= 11 is 0. The molecule has 1 heterocycles. The Morgan fingerprint density at radius 1 is 1.21 bits per heavy atom. The van der Waals surface area contributed by atoms with Gasteiger partial charge in [-0.05, 0) is 43.5 Å². The van der Waals surface area contributed by atoms with E-state index >= 15 is 0 Å². The van der Waals surface area contributed by atoms with Crippen LogP contribution >= 0.6 is 0 Å². The molecule has 2 unspecified atom stereocenters. The van der Waals surface area contributed by atoms with Crippen molar-refractivity contribution in [1.82, 2.24) is 10.6 Å². The van der Waals surface area contributed by atoms with Gasteiger partial charge in [0.05, 0.1) is 0 Å². The Kier molecular flexibility index (Phi) is 3.51. The molecule has 0 aromatic heterocycles. The quantitative estimate of drug-likeness (QED) is 0.872. The summed E-state index contributed by atoms with van der Waals surface area (Å²) in [5, 5.41) is 6.47. The van der Waals surface area contributed by atoms with Crippen molar-refractivity contribution in [2.24, 2.45) is 5.92 Å². The van der Waals surface area contributed by atoms with Gasteiger partial charge in [0, 0.05) is 24.4 Å². The highest BCUT2D eigenvalue weighted by Gasteiger charge is 2.34. The van der Waals surface area contributed by atoms with Crippen molar-refractivity contribution < 1.29 is 9.18 Å². The van der Waals surface area contributed by atoms with Gasteiger partial charge in [0.25, 0.3) is 0 Å². The van der Waals surface area contributed by atoms with Crippen LogP contribution in [-0.2, 0) is 4.79 Å². The zero-order chi connectivity index (χ0) is 13.2. The van der Waals surface area contributed by atoms with Gasteiger partial charge in [-0.25, -0.2) is 4.39 Å². The van der Waals surface area contributed by atoms with Gasteiger partial charge in [-0.2, -0.15) is 0 Å². The van der Waals surface area contributed by atoms with E-state index in [0.29, 0.717) is 0 Å². The Morgan fingerprint density at radius 2 is 1.95 bits per heavy atom. The van der Waals surface area contributed by atoms with Gasteiger partial charge in [-0.15, -0.1) is 0 Å². The third kappa shape index (κ3) is 2.95. The topological polar surface area (TPSA) is 41.1 Å². The Labute approximate surface area is 112 Å². The molecule has 2 aliphatic rings. The van der Waals surface area contributed by atoms with Gasteiger partial charge in [0.1, 0.15) is 5.82 Å². The highest BCUT2D eigenvalue weighted by atomic mass is 19.1. The van der Waals surface area contributed by atoms with E-state index in [4.69, 9.17) is 0 Å². The molecule has 4 heteroatoms. The van der Waals surface area contributed by atoms with Crippen LogP contribution in [0.2, 0.25) is 0 Å². The molecule has 3 rings (SSSR count). The molecular weight excluding hydrogens is 243 g/mol. The fourth-order valence-electron chi connectivity index (χ4n) is 2.77. The van der Waals surface area contributed by atoms with E-state index in [1.807, 2.05) is 12.1 Å². The SMILES string of the molecule is O=C(NC1CNCCC1c1ccc(F)cc1)C1CC1. The average molecular weight is 262 g/mol. The molecule has 1 aromatic carbocycles. The molecule has 1 saturated carbocycles. The molecule has 102 valence electrons. The normalized spacial score (nSPS) is 27.0. The molecule has 2 N–H and O–H groups in total. The van der Waals surface area contributed by atoms with Crippen molar-refractivity contribution in [3.05, 3.63) is 35.6 Å². The third-order valence-electron chi connectivity index (χ3n) is 4.06. The number of carbonyl (C=O) groups is 1. The third-order valence-corrected chi connectivity index (χ3v) is 4.06. The predicted octanol–water partition coefficient (Wildman–Crippen LogP) is 1.80. The lowest BCUT2D eigenvalue weighted by atomic mass is 9.86. The molecule has 0 bridgehead atoms. The summed E-state index contributed by atoms with van der Waals surface area (Å²) in [6.07, 6.45) is 3.02. The largest absolute Gasteiger partial charge is 0.351 e. The molecule has 1 saturated heterocycles. The first-order valence-corrected chi connectivity index (χ1v) is 7.00. The lowest BCUT2D eigenvalue weighted by Crippen LogP contribution is -2.50. The fraction of sp³-hybridized carbons (Fsp3) is 0.533. The molecule has 3 nitrogen and oxygen atoms in total. The van der Waals surface area contributed by atoms with Crippen molar-refractivity contribution in [2.75, 3.05) is 13.1 Å². The van der Waals surface area contributed by atoms with Crippen molar-refractivity contribution in [1.29, 1.82) is 0 Å². The fourth-order valence-corrected chi connectivity index (χ4v) is 2.77. The van der Waals surface area contributed by atoms with E-state index in [-0.39, 0.29) is 29.6 Å². The molecule has 1 amide bonds. The van der Waals surface area contributed by atoms with Gasteiger partial charge in [0.2, 0.25) is 5.91 Å². The summed E-state index contributed by atoms with van der Waals surface area (Å²) in [5.74, 6) is 0.484. The Balaban J connectivity index is 1.72. The first-order chi connectivity index (χ1) is 9.24. The zero-order valence-electron chi connectivity index (χ0n) is 10.9. The van der Waals surface area contributed by atoms with Gasteiger partial charge in [-0.3, -0.25) is 4.79 Å². The van der Waals surface area contributed by atoms with E-state index in [1.165, 1.54) is 12.1 Å². The lowest BCUT2D eigenvalue weighted by Gasteiger charge is -2.33. The van der Waals surface area contributed by atoms with Crippen LogP contribution in [0.25, 0.3) is 0 Å². The monoisotopic (exact) mass is 262 g/mol. The molecule has 1 aliphatic carbocycles. The minimum Gasteiger partial charge on any atom is -0.351 e. The van der Waals surface area contributed by atoms with Gasteiger partial charge >= 0.3 is 0 Å². The zero-order valence-corrected chi connectivity index (χ0v) is 10.9. The number of amides is 1. The summed E-state index contributed by atoms with van der Waals surface area (Å²) in [7, 11) is 0. The number of rotatable bonds is 3. The number of piperidine rings is 1. The molecule has 1 aromatic rings. The summed E-state index contributed by atoms with van der Waals surface area (Å²) in [5.41, 5.74) is 1.11. The highest BCUT2D eigenvalue weighted by molar-refractivity contribution is 5.81. The first-order valence-electron chi connectivity index (χ1n) is 7.00. The predicted molar refractivity (Wildman–Crippen MR) is 71.3 cm³/mol. The Bertz CT molecular complexity index is 456. The number of nitrogens with one attached hydrogen (secondary N) is 2. The maximum atomic E-state index is 13.0. The number of hydrogen-bond acceptors (Lipinski definition) is 2. The summed E-state index contributed by atoms with van der Waals surface area (Å²) in [6, 6.07) is 6.78. The summed E-state index contributed by atoms with van der Waals surface area (Å²) in [6.45, 7) is 1.73. The van der Waals surface area contributed by atoms with Crippen LogP contribution in [0.15, 0.2) is 24.3 Å². The van der Waals surface area contributed by atoms with Crippen molar-refractivity contribution in [2.45, 2.75) is 31.2 Å². The van der Waals surface area contributed by atoms with E-state index in [1.54, 1.807) is 0 Å². The van der Waals surface area contributed by atoms with Gasteiger partial charge in [0.15, 0.2) is 0 Å². The smallest absolute Gasteiger partial charge is 0.223 e. The number of carbonyl (C=O) groups excluding carboxylic acids is 1. The van der Waals surface area contributed by atoms with Crippen LogP contribution in [0.3, 0.4) is 0 Å². The van der Waals surface area contributed by atoms with Gasteiger partial charge in [-0.1, -0.05) is 12.1 Å². The van der Waals surface area contributed by atoms with Crippen molar-refractivity contribution >= 4 is 5.91 Å². The van der Waals surface area contributed by atoms with Crippen LogP contribution in [0.5, 0.6) is 0 Å². The molecular formula is C15H19FN2O. The van der Waals surface area contributed by atoms with E-state index in [9.17, 15) is 9.18 Å². The summed E-state index contributed by atoms with van der Waals surface area (Å²) < 4.78 is 13.0. The molecule has 2 fully saturated rings. The van der Waals surface area contributed by atoms with Crippen LogP contribution in [0.1, 0.15) is 30.7 Å². The van der Waals surface area contributed by atoms with Crippen molar-refractivity contribution in [3.63, 3.8) is 0 Å². The van der Waals surface area contributed by atoms with Crippen LogP contribution < -0.4 is 10.6 Å². The Hall–Kier alpha value is -1.42. The summed E-state index contributed by atoms with van der Waals surface area (Å²) in [4.78, 5) is 11.9. The van der Waals surface area contributed by atoms with Crippen LogP contribution in [0.4, 0.5) is 4.39 Å². The first kappa shape index (κ1) is 12.6. The highest BCUT2D eigenvalue weighted by Crippen LogP contribution is 2.31. The second kappa shape index (κ2) is 5.29. The van der Waals surface area contributed by atoms with E-state index in [0.717, 1.165) is 37.9 Å². The number of benzene rings is 1. The van der Waals surface area contributed by atoms with Crippen molar-refractivity contribution in [3.8, 4) is 0 Å². The van der Waals surface area contributed by atoms with E-state index in [2.05, 4.69) is 10.6 Å². The molecule has 1 aliphatic heterocycles. The second-order valence-electron chi connectivity index (χ2n) is 5.54. The molecule has 0 radical (unpaired) electrons. The number of hydrogen-bond donors (Lipinski definition) is 2. The maximum absolute atomic E-state index is 13.0. The standard InChI is InChI=1S/C15H19FN2O/c16-12-5-3-10(4-6-12)13-7-8-17-9-14(13)18-15(19)11-1-2-11/h3-6,11,13-14,17H,1-2,7-9H2,(H,18,19).